The third kappa shape index (κ3) is 5.14. The Morgan fingerprint density at radius 3 is 2.65 bits per heavy atom. The van der Waals surface area contributed by atoms with Crippen LogP contribution in [0.1, 0.15) is 38.3 Å². The van der Waals surface area contributed by atoms with Crippen molar-refractivity contribution in [2.45, 2.75) is 32.7 Å². The molecule has 0 fully saturated rings. The van der Waals surface area contributed by atoms with Crippen LogP contribution < -0.4 is 5.32 Å². The molecule has 0 aromatic heterocycles. The lowest BCUT2D eigenvalue weighted by Gasteiger charge is -2.19. The molecule has 114 valence electrons. The van der Waals surface area contributed by atoms with Gasteiger partial charge in [0.1, 0.15) is 15.7 Å². The Kier molecular flexibility index (Phi) is 7.12. The van der Waals surface area contributed by atoms with Crippen LogP contribution in [0, 0.1) is 5.82 Å². The lowest BCUT2D eigenvalue weighted by atomic mass is 10.0. The van der Waals surface area contributed by atoms with Crippen molar-refractivity contribution < 1.29 is 12.8 Å². The Morgan fingerprint density at radius 1 is 1.35 bits per heavy atom. The van der Waals surface area contributed by atoms with E-state index in [0.29, 0.717) is 29.4 Å². The molecule has 0 aliphatic rings. The summed E-state index contributed by atoms with van der Waals surface area (Å²) in [5, 5.41) is 3.22. The van der Waals surface area contributed by atoms with Crippen molar-refractivity contribution in [3.8, 4) is 0 Å². The first kappa shape index (κ1) is 17.6. The molecule has 1 N–H and O–H groups in total. The molecule has 0 bridgehead atoms. The fraction of sp³-hybridized carbons (Fsp3) is 0.571. The second-order valence-corrected chi connectivity index (χ2v) is 7.96. The summed E-state index contributed by atoms with van der Waals surface area (Å²) in [7, 11) is -2.96. The van der Waals surface area contributed by atoms with Crippen LogP contribution in [0.3, 0.4) is 0 Å². The SMILES string of the molecule is CCNC(CCCS(=O)(=O)CC)c1cccc(Br)c1F. The highest BCUT2D eigenvalue weighted by molar-refractivity contribution is 9.10. The topological polar surface area (TPSA) is 46.2 Å². The zero-order valence-electron chi connectivity index (χ0n) is 11.8. The summed E-state index contributed by atoms with van der Waals surface area (Å²) in [4.78, 5) is 0. The van der Waals surface area contributed by atoms with E-state index in [1.807, 2.05) is 6.92 Å². The van der Waals surface area contributed by atoms with Gasteiger partial charge in [0, 0.05) is 17.4 Å². The molecule has 1 rings (SSSR count). The molecule has 0 aliphatic carbocycles. The average Bonchev–Trinajstić information content (AvgIpc) is 2.41. The van der Waals surface area contributed by atoms with Crippen LogP contribution in [-0.4, -0.2) is 26.5 Å². The monoisotopic (exact) mass is 365 g/mol. The van der Waals surface area contributed by atoms with Gasteiger partial charge in [-0.1, -0.05) is 26.0 Å². The molecule has 0 spiro atoms. The number of sulfone groups is 1. The Bertz CT molecular complexity index is 534. The van der Waals surface area contributed by atoms with Crippen LogP contribution in [0.5, 0.6) is 0 Å². The van der Waals surface area contributed by atoms with Gasteiger partial charge in [0.05, 0.1) is 10.2 Å². The van der Waals surface area contributed by atoms with Gasteiger partial charge in [0.25, 0.3) is 0 Å². The van der Waals surface area contributed by atoms with E-state index in [1.165, 1.54) is 0 Å². The zero-order valence-corrected chi connectivity index (χ0v) is 14.2. The predicted molar refractivity (Wildman–Crippen MR) is 84.1 cm³/mol. The summed E-state index contributed by atoms with van der Waals surface area (Å²) < 4.78 is 37.5. The maximum Gasteiger partial charge on any atom is 0.150 e. The van der Waals surface area contributed by atoms with E-state index in [4.69, 9.17) is 0 Å². The molecule has 0 saturated heterocycles. The quantitative estimate of drug-likeness (QED) is 0.767. The Labute approximate surface area is 129 Å². The first-order chi connectivity index (χ1) is 9.41. The maximum atomic E-state index is 14.1. The third-order valence-electron chi connectivity index (χ3n) is 3.20. The molecule has 20 heavy (non-hydrogen) atoms. The molecule has 1 unspecified atom stereocenters. The van der Waals surface area contributed by atoms with E-state index in [9.17, 15) is 12.8 Å². The second kappa shape index (κ2) is 8.10. The van der Waals surface area contributed by atoms with Crippen molar-refractivity contribution in [3.05, 3.63) is 34.1 Å². The molecule has 0 saturated carbocycles. The van der Waals surface area contributed by atoms with Gasteiger partial charge >= 0.3 is 0 Å². The van der Waals surface area contributed by atoms with Crippen LogP contribution in [0.25, 0.3) is 0 Å². The number of nitrogens with one attached hydrogen (secondary N) is 1. The van der Waals surface area contributed by atoms with Gasteiger partial charge in [0.15, 0.2) is 0 Å². The Balaban J connectivity index is 2.77. The van der Waals surface area contributed by atoms with Crippen LogP contribution in [0.15, 0.2) is 22.7 Å². The number of halogens is 2. The van der Waals surface area contributed by atoms with Crippen molar-refractivity contribution in [3.63, 3.8) is 0 Å². The lowest BCUT2D eigenvalue weighted by Crippen LogP contribution is -2.23. The molecule has 0 amide bonds. The second-order valence-electron chi connectivity index (χ2n) is 4.63. The van der Waals surface area contributed by atoms with Crippen LogP contribution in [-0.2, 0) is 9.84 Å². The van der Waals surface area contributed by atoms with Crippen molar-refractivity contribution in [1.82, 2.24) is 5.32 Å². The lowest BCUT2D eigenvalue weighted by molar-refractivity contribution is 0.478. The molecule has 0 aliphatic heterocycles. The van der Waals surface area contributed by atoms with Crippen LogP contribution in [0.4, 0.5) is 4.39 Å². The van der Waals surface area contributed by atoms with Crippen molar-refractivity contribution in [2.75, 3.05) is 18.1 Å². The smallest absolute Gasteiger partial charge is 0.150 e. The van der Waals surface area contributed by atoms with E-state index >= 15 is 0 Å². The molecule has 3 nitrogen and oxygen atoms in total. The number of hydrogen-bond donors (Lipinski definition) is 1. The summed E-state index contributed by atoms with van der Waals surface area (Å²) in [6, 6.07) is 5.02. The highest BCUT2D eigenvalue weighted by atomic mass is 79.9. The van der Waals surface area contributed by atoms with Gasteiger partial charge in [0.2, 0.25) is 0 Å². The standard InChI is InChI=1S/C14H21BrFNO2S/c1-3-17-13(9-6-10-20(18,19)4-2)11-7-5-8-12(15)14(11)16/h5,7-8,13,17H,3-4,6,9-10H2,1-2H3. The Morgan fingerprint density at radius 2 is 2.05 bits per heavy atom. The van der Waals surface area contributed by atoms with Crippen molar-refractivity contribution in [2.24, 2.45) is 0 Å². The molecule has 1 atom stereocenters. The summed E-state index contributed by atoms with van der Waals surface area (Å²) >= 11 is 3.18. The van der Waals surface area contributed by atoms with Gasteiger partial charge in [-0.05, 0) is 41.4 Å². The highest BCUT2D eigenvalue weighted by Crippen LogP contribution is 2.26. The minimum atomic E-state index is -2.96. The van der Waals surface area contributed by atoms with Gasteiger partial charge in [-0.25, -0.2) is 12.8 Å². The average molecular weight is 366 g/mol. The van der Waals surface area contributed by atoms with Crippen molar-refractivity contribution in [1.29, 1.82) is 0 Å². The normalized spacial score (nSPS) is 13.4. The first-order valence-corrected chi connectivity index (χ1v) is 9.40. The molecule has 0 heterocycles. The van der Waals surface area contributed by atoms with Crippen molar-refractivity contribution >= 4 is 25.8 Å². The molecule has 6 heteroatoms. The largest absolute Gasteiger partial charge is 0.310 e. The zero-order chi connectivity index (χ0) is 15.2. The van der Waals surface area contributed by atoms with Gasteiger partial charge < -0.3 is 5.32 Å². The maximum absolute atomic E-state index is 14.1. The van der Waals surface area contributed by atoms with E-state index in [1.54, 1.807) is 25.1 Å². The molecular formula is C14H21BrFNO2S. The fourth-order valence-corrected chi connectivity index (χ4v) is 3.33. The predicted octanol–water partition coefficient (Wildman–Crippen LogP) is 3.45. The van der Waals surface area contributed by atoms with E-state index in [2.05, 4.69) is 21.2 Å². The summed E-state index contributed by atoms with van der Waals surface area (Å²) in [5.41, 5.74) is 0.579. The van der Waals surface area contributed by atoms with Gasteiger partial charge in [-0.2, -0.15) is 0 Å². The highest BCUT2D eigenvalue weighted by Gasteiger charge is 2.17. The summed E-state index contributed by atoms with van der Waals surface area (Å²) in [6.45, 7) is 4.30. The summed E-state index contributed by atoms with van der Waals surface area (Å²) in [6.07, 6.45) is 1.13. The van der Waals surface area contributed by atoms with Crippen LogP contribution >= 0.6 is 15.9 Å². The van der Waals surface area contributed by atoms with Gasteiger partial charge in [-0.15, -0.1) is 0 Å². The molecule has 1 aromatic carbocycles. The minimum Gasteiger partial charge on any atom is -0.310 e. The van der Waals surface area contributed by atoms with E-state index in [0.717, 1.165) is 0 Å². The Hall–Kier alpha value is -0.460. The molecular weight excluding hydrogens is 345 g/mol. The van der Waals surface area contributed by atoms with Gasteiger partial charge in [-0.3, -0.25) is 0 Å². The number of hydrogen-bond acceptors (Lipinski definition) is 3. The summed E-state index contributed by atoms with van der Waals surface area (Å²) in [5.74, 6) is 0.0299. The fourth-order valence-electron chi connectivity index (χ4n) is 2.06. The van der Waals surface area contributed by atoms with E-state index in [-0.39, 0.29) is 23.4 Å². The minimum absolute atomic E-state index is 0.154. The molecule has 1 aromatic rings. The molecule has 0 radical (unpaired) electrons. The number of benzene rings is 1. The third-order valence-corrected chi connectivity index (χ3v) is 5.60. The number of rotatable bonds is 8. The van der Waals surface area contributed by atoms with Crippen LogP contribution in [0.2, 0.25) is 0 Å². The van der Waals surface area contributed by atoms with E-state index < -0.39 is 9.84 Å². The first-order valence-electron chi connectivity index (χ1n) is 6.79.